The van der Waals surface area contributed by atoms with E-state index in [1.807, 2.05) is 6.07 Å². The summed E-state index contributed by atoms with van der Waals surface area (Å²) in [6.07, 6.45) is 0. The van der Waals surface area contributed by atoms with Gasteiger partial charge in [0, 0.05) is 6.54 Å². The number of nitriles is 1. The van der Waals surface area contributed by atoms with Gasteiger partial charge in [-0.2, -0.15) is 5.26 Å². The van der Waals surface area contributed by atoms with Crippen LogP contribution in [0.4, 0.5) is 14.5 Å². The van der Waals surface area contributed by atoms with Gasteiger partial charge in [0.1, 0.15) is 11.6 Å². The summed E-state index contributed by atoms with van der Waals surface area (Å²) in [5.74, 6) is -0.994. The van der Waals surface area contributed by atoms with Crippen molar-refractivity contribution in [3.63, 3.8) is 0 Å². The molecule has 0 heterocycles. The Labute approximate surface area is 124 Å². The van der Waals surface area contributed by atoms with Gasteiger partial charge in [-0.3, -0.25) is 0 Å². The van der Waals surface area contributed by atoms with E-state index in [4.69, 9.17) is 28.5 Å². The second-order valence-corrected chi connectivity index (χ2v) is 4.83. The van der Waals surface area contributed by atoms with Gasteiger partial charge in [-0.25, -0.2) is 8.78 Å². The van der Waals surface area contributed by atoms with Gasteiger partial charge in [-0.05, 0) is 35.9 Å². The van der Waals surface area contributed by atoms with Gasteiger partial charge in [0.15, 0.2) is 0 Å². The molecule has 102 valence electrons. The van der Waals surface area contributed by atoms with Gasteiger partial charge in [-0.15, -0.1) is 0 Å². The van der Waals surface area contributed by atoms with Crippen molar-refractivity contribution in [3.8, 4) is 6.07 Å². The quantitative estimate of drug-likeness (QED) is 0.887. The monoisotopic (exact) mass is 312 g/mol. The minimum Gasteiger partial charge on any atom is -0.379 e. The molecular formula is C14H8Cl2F2N2. The number of rotatable bonds is 3. The summed E-state index contributed by atoms with van der Waals surface area (Å²) < 4.78 is 26.2. The molecular weight excluding hydrogens is 305 g/mol. The number of anilines is 1. The Morgan fingerprint density at radius 2 is 1.70 bits per heavy atom. The van der Waals surface area contributed by atoms with Crippen molar-refractivity contribution >= 4 is 28.9 Å². The van der Waals surface area contributed by atoms with Crippen molar-refractivity contribution in [3.05, 3.63) is 63.1 Å². The first-order valence-corrected chi connectivity index (χ1v) is 6.34. The lowest BCUT2D eigenvalue weighted by atomic mass is 10.1. The second kappa shape index (κ2) is 6.08. The molecule has 0 fully saturated rings. The molecule has 2 aromatic rings. The van der Waals surface area contributed by atoms with Crippen LogP contribution in [-0.2, 0) is 6.54 Å². The molecule has 0 saturated carbocycles. The highest BCUT2D eigenvalue weighted by atomic mass is 35.5. The first-order chi connectivity index (χ1) is 9.51. The van der Waals surface area contributed by atoms with Gasteiger partial charge in [-0.1, -0.05) is 23.2 Å². The van der Waals surface area contributed by atoms with E-state index in [2.05, 4.69) is 5.32 Å². The molecule has 0 aliphatic carbocycles. The molecule has 20 heavy (non-hydrogen) atoms. The minimum atomic E-state index is -0.547. The Bertz CT molecular complexity index is 673. The van der Waals surface area contributed by atoms with Crippen molar-refractivity contribution in [1.29, 1.82) is 5.26 Å². The molecule has 0 atom stereocenters. The number of hydrogen-bond donors (Lipinski definition) is 1. The molecule has 0 radical (unpaired) electrons. The Kier molecular flexibility index (Phi) is 4.43. The van der Waals surface area contributed by atoms with Crippen molar-refractivity contribution in [2.45, 2.75) is 6.54 Å². The van der Waals surface area contributed by atoms with Crippen LogP contribution in [0.15, 0.2) is 30.3 Å². The highest BCUT2D eigenvalue weighted by Gasteiger charge is 2.10. The zero-order chi connectivity index (χ0) is 14.7. The van der Waals surface area contributed by atoms with Gasteiger partial charge in [0.05, 0.1) is 27.4 Å². The maximum Gasteiger partial charge on any atom is 0.126 e. The number of benzene rings is 2. The lowest BCUT2D eigenvalue weighted by Crippen LogP contribution is -2.03. The Morgan fingerprint density at radius 3 is 2.30 bits per heavy atom. The number of nitrogens with zero attached hydrogens (tertiary/aromatic N) is 1. The molecule has 0 spiro atoms. The smallest absolute Gasteiger partial charge is 0.126 e. The molecule has 2 rings (SSSR count). The molecule has 0 aliphatic rings. The summed E-state index contributed by atoms with van der Waals surface area (Å²) in [5, 5.41) is 12.1. The van der Waals surface area contributed by atoms with E-state index in [1.165, 1.54) is 18.2 Å². The fraction of sp³-hybridized carbons (Fsp3) is 0.0714. The van der Waals surface area contributed by atoms with Crippen LogP contribution in [0.3, 0.4) is 0 Å². The van der Waals surface area contributed by atoms with Crippen molar-refractivity contribution in [2.24, 2.45) is 0 Å². The van der Waals surface area contributed by atoms with Crippen LogP contribution in [0.2, 0.25) is 10.0 Å². The van der Waals surface area contributed by atoms with Gasteiger partial charge in [0.25, 0.3) is 0 Å². The van der Waals surface area contributed by atoms with E-state index in [-0.39, 0.29) is 16.6 Å². The van der Waals surface area contributed by atoms with Crippen LogP contribution in [0.1, 0.15) is 11.1 Å². The number of halogens is 4. The standard InChI is InChI=1S/C14H8Cl2F2N2/c15-12-4-11(18)5-13(16)14(12)20-7-9-3-10(17)2-1-8(9)6-19/h1-5,20H,7H2. The van der Waals surface area contributed by atoms with Crippen molar-refractivity contribution < 1.29 is 8.78 Å². The normalized spacial score (nSPS) is 10.2. The third-order valence-electron chi connectivity index (χ3n) is 2.65. The molecule has 2 nitrogen and oxygen atoms in total. The molecule has 0 bridgehead atoms. The number of nitrogens with one attached hydrogen (secondary N) is 1. The van der Waals surface area contributed by atoms with Crippen LogP contribution < -0.4 is 5.32 Å². The summed E-state index contributed by atoms with van der Waals surface area (Å²) in [4.78, 5) is 0. The largest absolute Gasteiger partial charge is 0.379 e. The average molecular weight is 313 g/mol. The molecule has 0 aliphatic heterocycles. The van der Waals surface area contributed by atoms with Crippen LogP contribution in [0, 0.1) is 23.0 Å². The van der Waals surface area contributed by atoms with E-state index in [9.17, 15) is 8.78 Å². The second-order valence-electron chi connectivity index (χ2n) is 4.01. The zero-order valence-electron chi connectivity index (χ0n) is 10.1. The predicted octanol–water partition coefficient (Wildman–Crippen LogP) is 4.76. The topological polar surface area (TPSA) is 35.8 Å². The molecule has 0 unspecified atom stereocenters. The predicted molar refractivity (Wildman–Crippen MR) is 74.9 cm³/mol. The average Bonchev–Trinajstić information content (AvgIpc) is 2.37. The first-order valence-electron chi connectivity index (χ1n) is 5.58. The molecule has 0 saturated heterocycles. The third kappa shape index (κ3) is 3.19. The minimum absolute atomic E-state index is 0.116. The highest BCUT2D eigenvalue weighted by molar-refractivity contribution is 6.39. The molecule has 0 amide bonds. The van der Waals surface area contributed by atoms with Crippen molar-refractivity contribution in [2.75, 3.05) is 5.32 Å². The third-order valence-corrected chi connectivity index (χ3v) is 3.25. The van der Waals surface area contributed by atoms with Crippen LogP contribution in [-0.4, -0.2) is 0 Å². The Hall–Kier alpha value is -1.83. The zero-order valence-corrected chi connectivity index (χ0v) is 11.6. The maximum atomic E-state index is 13.2. The lowest BCUT2D eigenvalue weighted by Gasteiger charge is -2.11. The SMILES string of the molecule is N#Cc1ccc(F)cc1CNc1c(Cl)cc(F)cc1Cl. The Morgan fingerprint density at radius 1 is 1.05 bits per heavy atom. The van der Waals surface area contributed by atoms with Crippen LogP contribution in [0.5, 0.6) is 0 Å². The van der Waals surface area contributed by atoms with Crippen molar-refractivity contribution in [1.82, 2.24) is 0 Å². The first kappa shape index (κ1) is 14.6. The van der Waals surface area contributed by atoms with Crippen LogP contribution in [0.25, 0.3) is 0 Å². The summed E-state index contributed by atoms with van der Waals surface area (Å²) in [6.45, 7) is 0.145. The van der Waals surface area contributed by atoms with E-state index in [0.29, 0.717) is 16.8 Å². The fourth-order valence-corrected chi connectivity index (χ4v) is 2.31. The van der Waals surface area contributed by atoms with Gasteiger partial charge >= 0.3 is 0 Å². The molecule has 2 aromatic carbocycles. The summed E-state index contributed by atoms with van der Waals surface area (Å²) in [7, 11) is 0. The maximum absolute atomic E-state index is 13.2. The van der Waals surface area contributed by atoms with E-state index < -0.39 is 11.6 Å². The molecule has 0 aromatic heterocycles. The molecule has 1 N–H and O–H groups in total. The lowest BCUT2D eigenvalue weighted by molar-refractivity contribution is 0.625. The van der Waals surface area contributed by atoms with E-state index >= 15 is 0 Å². The Balaban J connectivity index is 2.26. The van der Waals surface area contributed by atoms with E-state index in [0.717, 1.165) is 12.1 Å². The summed E-state index contributed by atoms with van der Waals surface area (Å²) >= 11 is 11.8. The summed E-state index contributed by atoms with van der Waals surface area (Å²) in [6, 6.07) is 8.04. The van der Waals surface area contributed by atoms with Gasteiger partial charge in [0.2, 0.25) is 0 Å². The van der Waals surface area contributed by atoms with E-state index in [1.54, 1.807) is 0 Å². The van der Waals surface area contributed by atoms with Gasteiger partial charge < -0.3 is 5.32 Å². The van der Waals surface area contributed by atoms with Crippen LogP contribution >= 0.6 is 23.2 Å². The highest BCUT2D eigenvalue weighted by Crippen LogP contribution is 2.31. The fourth-order valence-electron chi connectivity index (χ4n) is 1.71. The summed E-state index contributed by atoms with van der Waals surface area (Å²) in [5.41, 5.74) is 1.14. The number of hydrogen-bond acceptors (Lipinski definition) is 2. The molecule has 6 heteroatoms.